The molecule has 0 amide bonds. The number of hydrogen-bond acceptors (Lipinski definition) is 5. The third-order valence-corrected chi connectivity index (χ3v) is 1.24. The molecule has 5 nitrogen and oxygen atoms in total. The molecular weight excluding hydrogens is 188 g/mol. The topological polar surface area (TPSA) is 61.8 Å². The molecule has 5 heteroatoms. The molecule has 0 N–H and O–H groups in total. The molecule has 0 aromatic heterocycles. The Balaban J connectivity index is 3.86. The number of rotatable bonds is 4. The molecule has 14 heavy (non-hydrogen) atoms. The van der Waals surface area contributed by atoms with Crippen LogP contribution in [0.4, 0.5) is 4.79 Å². The number of carbonyl (C=O) groups is 2. The molecule has 0 aliphatic rings. The maximum absolute atomic E-state index is 10.8. The summed E-state index contributed by atoms with van der Waals surface area (Å²) in [5.74, 6) is -0.465. The van der Waals surface area contributed by atoms with E-state index in [0.29, 0.717) is 6.61 Å². The van der Waals surface area contributed by atoms with Crippen LogP contribution in [0.1, 0.15) is 13.8 Å². The van der Waals surface area contributed by atoms with E-state index in [1.807, 2.05) is 0 Å². The number of ether oxygens (including phenoxy) is 3. The van der Waals surface area contributed by atoms with Gasteiger partial charge in [-0.15, -0.1) is 0 Å². The summed E-state index contributed by atoms with van der Waals surface area (Å²) >= 11 is 0. The smallest absolute Gasteiger partial charge is 0.463 e. The summed E-state index contributed by atoms with van der Waals surface area (Å²) in [6, 6.07) is 0. The molecule has 0 aliphatic carbocycles. The quantitative estimate of drug-likeness (QED) is 0.507. The maximum Gasteiger partial charge on any atom is 0.508 e. The van der Waals surface area contributed by atoms with Crippen LogP contribution in [0.2, 0.25) is 0 Å². The minimum absolute atomic E-state index is 0.315. The van der Waals surface area contributed by atoms with Crippen molar-refractivity contribution in [3.8, 4) is 0 Å². The van der Waals surface area contributed by atoms with Gasteiger partial charge in [0.2, 0.25) is 0 Å². The van der Waals surface area contributed by atoms with E-state index in [-0.39, 0.29) is 0 Å². The number of hydrogen-bond donors (Lipinski definition) is 0. The molecule has 0 radical (unpaired) electrons. The van der Waals surface area contributed by atoms with Gasteiger partial charge in [0, 0.05) is 6.08 Å². The van der Waals surface area contributed by atoms with E-state index in [1.54, 1.807) is 13.8 Å². The monoisotopic (exact) mass is 202 g/mol. The Morgan fingerprint density at radius 1 is 1.43 bits per heavy atom. The highest BCUT2D eigenvalue weighted by Crippen LogP contribution is 1.96. The van der Waals surface area contributed by atoms with Gasteiger partial charge in [0.05, 0.1) is 13.7 Å². The average Bonchev–Trinajstić information content (AvgIpc) is 2.15. The molecule has 0 saturated carbocycles. The minimum atomic E-state index is -0.786. The van der Waals surface area contributed by atoms with E-state index in [0.717, 1.165) is 0 Å². The molecule has 0 spiro atoms. The van der Waals surface area contributed by atoms with E-state index >= 15 is 0 Å². The van der Waals surface area contributed by atoms with Crippen molar-refractivity contribution in [3.05, 3.63) is 12.2 Å². The molecule has 0 saturated heterocycles. The summed E-state index contributed by atoms with van der Waals surface area (Å²) in [4.78, 5) is 21.4. The first-order chi connectivity index (χ1) is 6.60. The summed E-state index contributed by atoms with van der Waals surface area (Å²) in [5, 5.41) is 0. The molecule has 0 rings (SSSR count). The summed E-state index contributed by atoms with van der Waals surface area (Å²) in [6.07, 6.45) is 1.31. The summed E-state index contributed by atoms with van der Waals surface area (Å²) in [7, 11) is 1.21. The van der Waals surface area contributed by atoms with E-state index in [4.69, 9.17) is 0 Å². The van der Waals surface area contributed by atoms with Gasteiger partial charge in [0.25, 0.3) is 0 Å². The van der Waals surface area contributed by atoms with Gasteiger partial charge < -0.3 is 14.2 Å². The normalized spacial score (nSPS) is 12.2. The second-order valence-corrected chi connectivity index (χ2v) is 2.39. The zero-order valence-electron chi connectivity index (χ0n) is 8.48. The van der Waals surface area contributed by atoms with Crippen molar-refractivity contribution in [1.82, 2.24) is 0 Å². The van der Waals surface area contributed by atoms with Crippen molar-refractivity contribution in [1.29, 1.82) is 0 Å². The van der Waals surface area contributed by atoms with Crippen molar-refractivity contribution in [3.63, 3.8) is 0 Å². The Kier molecular flexibility index (Phi) is 6.19. The van der Waals surface area contributed by atoms with Crippen molar-refractivity contribution >= 4 is 12.1 Å². The van der Waals surface area contributed by atoms with Gasteiger partial charge in [-0.2, -0.15) is 0 Å². The Morgan fingerprint density at radius 3 is 2.57 bits per heavy atom. The van der Waals surface area contributed by atoms with Crippen molar-refractivity contribution in [2.75, 3.05) is 13.7 Å². The van der Waals surface area contributed by atoms with Crippen LogP contribution in [-0.4, -0.2) is 31.9 Å². The van der Waals surface area contributed by atoms with Crippen LogP contribution in [0.5, 0.6) is 0 Å². The van der Waals surface area contributed by atoms with Gasteiger partial charge in [-0.1, -0.05) is 0 Å². The second-order valence-electron chi connectivity index (χ2n) is 2.39. The van der Waals surface area contributed by atoms with Gasteiger partial charge >= 0.3 is 12.1 Å². The lowest BCUT2D eigenvalue weighted by Gasteiger charge is -2.06. The molecule has 0 aromatic carbocycles. The third kappa shape index (κ3) is 6.05. The Labute approximate surface area is 82.6 Å². The van der Waals surface area contributed by atoms with Crippen LogP contribution in [0.25, 0.3) is 0 Å². The van der Waals surface area contributed by atoms with Gasteiger partial charge in [-0.05, 0) is 19.9 Å². The third-order valence-electron chi connectivity index (χ3n) is 1.24. The first-order valence-corrected chi connectivity index (χ1v) is 4.19. The standard InChI is InChI=1S/C9H14O5/c1-4-13-8(10)6-5-7(2)14-9(11)12-3/h5-7H,4H2,1-3H3/b6-5+/t7-/m0/s1. The van der Waals surface area contributed by atoms with Crippen LogP contribution >= 0.6 is 0 Å². The van der Waals surface area contributed by atoms with Crippen LogP contribution in [0, 0.1) is 0 Å². The molecular formula is C9H14O5. The van der Waals surface area contributed by atoms with Gasteiger partial charge in [0.15, 0.2) is 0 Å². The SMILES string of the molecule is CCOC(=O)/C=C/[C@H](C)OC(=O)OC. The average molecular weight is 202 g/mol. The van der Waals surface area contributed by atoms with Crippen LogP contribution < -0.4 is 0 Å². The van der Waals surface area contributed by atoms with Gasteiger partial charge in [-0.25, -0.2) is 9.59 Å². The highest BCUT2D eigenvalue weighted by Gasteiger charge is 2.05. The Morgan fingerprint density at radius 2 is 2.07 bits per heavy atom. The highest BCUT2D eigenvalue weighted by molar-refractivity contribution is 5.82. The highest BCUT2D eigenvalue weighted by atomic mass is 16.7. The summed E-state index contributed by atoms with van der Waals surface area (Å²) in [5.41, 5.74) is 0. The predicted molar refractivity (Wildman–Crippen MR) is 48.7 cm³/mol. The molecule has 80 valence electrons. The Bertz CT molecular complexity index is 221. The molecule has 0 aliphatic heterocycles. The van der Waals surface area contributed by atoms with E-state index < -0.39 is 18.2 Å². The van der Waals surface area contributed by atoms with E-state index in [1.165, 1.54) is 19.3 Å². The largest absolute Gasteiger partial charge is 0.508 e. The molecule has 0 unspecified atom stereocenters. The zero-order chi connectivity index (χ0) is 11.0. The fourth-order valence-corrected chi connectivity index (χ4v) is 0.644. The number of methoxy groups -OCH3 is 1. The lowest BCUT2D eigenvalue weighted by molar-refractivity contribution is -0.137. The van der Waals surface area contributed by atoms with E-state index in [2.05, 4.69) is 14.2 Å². The first kappa shape index (κ1) is 12.5. The number of carbonyl (C=O) groups excluding carboxylic acids is 2. The van der Waals surface area contributed by atoms with Crippen molar-refractivity contribution in [2.45, 2.75) is 20.0 Å². The lowest BCUT2D eigenvalue weighted by Crippen LogP contribution is -2.13. The van der Waals surface area contributed by atoms with Crippen molar-refractivity contribution in [2.24, 2.45) is 0 Å². The van der Waals surface area contributed by atoms with Crippen LogP contribution in [-0.2, 0) is 19.0 Å². The maximum atomic E-state index is 10.8. The fourth-order valence-electron chi connectivity index (χ4n) is 0.644. The summed E-state index contributed by atoms with van der Waals surface area (Å²) < 4.78 is 13.6. The summed E-state index contributed by atoms with van der Waals surface area (Å²) in [6.45, 7) is 3.63. The molecule has 0 fully saturated rings. The first-order valence-electron chi connectivity index (χ1n) is 4.19. The second kappa shape index (κ2) is 6.94. The molecule has 0 heterocycles. The van der Waals surface area contributed by atoms with Gasteiger partial charge in [-0.3, -0.25) is 0 Å². The number of esters is 1. The molecule has 0 aromatic rings. The zero-order valence-corrected chi connectivity index (χ0v) is 8.48. The lowest BCUT2D eigenvalue weighted by atomic mass is 10.3. The fraction of sp³-hybridized carbons (Fsp3) is 0.556. The van der Waals surface area contributed by atoms with Gasteiger partial charge in [0.1, 0.15) is 6.10 Å². The predicted octanol–water partition coefficient (Wildman–Crippen LogP) is 1.28. The Hall–Kier alpha value is -1.52. The minimum Gasteiger partial charge on any atom is -0.463 e. The van der Waals surface area contributed by atoms with Crippen LogP contribution in [0.3, 0.4) is 0 Å². The molecule has 1 atom stereocenters. The van der Waals surface area contributed by atoms with Crippen molar-refractivity contribution < 1.29 is 23.8 Å². The van der Waals surface area contributed by atoms with Crippen LogP contribution in [0.15, 0.2) is 12.2 Å². The van der Waals surface area contributed by atoms with E-state index in [9.17, 15) is 9.59 Å². The molecule has 0 bridgehead atoms.